The molecule has 4 rings (SSSR count). The number of anilines is 1. The van der Waals surface area contributed by atoms with Gasteiger partial charge in [0.05, 0.1) is 11.0 Å². The number of nitrogens with one attached hydrogen (secondary N) is 1. The lowest BCUT2D eigenvalue weighted by Gasteiger charge is -2.39. The third-order valence-corrected chi connectivity index (χ3v) is 5.15. The summed E-state index contributed by atoms with van der Waals surface area (Å²) < 4.78 is 15.3. The zero-order valence-corrected chi connectivity index (χ0v) is 15.6. The molecule has 1 N–H and O–H groups in total. The van der Waals surface area contributed by atoms with Crippen LogP contribution in [0.5, 0.6) is 0 Å². The van der Waals surface area contributed by atoms with E-state index < -0.39 is 4.92 Å². The predicted octanol–water partition coefficient (Wildman–Crippen LogP) is 4.34. The Hall–Kier alpha value is -3.26. The highest BCUT2D eigenvalue weighted by Gasteiger charge is 2.30. The first-order valence-corrected chi connectivity index (χ1v) is 9.16. The highest BCUT2D eigenvalue weighted by Crippen LogP contribution is 2.33. The molecule has 1 aliphatic rings. The molecule has 1 aliphatic heterocycles. The van der Waals surface area contributed by atoms with Gasteiger partial charge >= 0.3 is 0 Å². The highest BCUT2D eigenvalue weighted by atomic mass is 32.1. The summed E-state index contributed by atoms with van der Waals surface area (Å²) in [5.41, 5.74) is 2.72. The van der Waals surface area contributed by atoms with E-state index in [-0.39, 0.29) is 17.5 Å². The summed E-state index contributed by atoms with van der Waals surface area (Å²) in [5.74, 6) is -0.309. The van der Waals surface area contributed by atoms with Crippen molar-refractivity contribution in [1.29, 1.82) is 0 Å². The molecule has 6 nitrogen and oxygen atoms in total. The van der Waals surface area contributed by atoms with Crippen molar-refractivity contribution in [3.63, 3.8) is 0 Å². The lowest BCUT2D eigenvalue weighted by molar-refractivity contribution is -0.384. The average Bonchev–Trinajstić information content (AvgIpc) is 3.18. The summed E-state index contributed by atoms with van der Waals surface area (Å²) in [6, 6.07) is 16.4. The zero-order chi connectivity index (χ0) is 19.7. The molecule has 0 saturated carbocycles. The van der Waals surface area contributed by atoms with E-state index in [4.69, 9.17) is 12.2 Å². The summed E-state index contributed by atoms with van der Waals surface area (Å²) in [6.07, 6.45) is 2.02. The van der Waals surface area contributed by atoms with E-state index in [2.05, 4.69) is 14.8 Å². The molecule has 0 bridgehead atoms. The van der Waals surface area contributed by atoms with Gasteiger partial charge < -0.3 is 14.8 Å². The van der Waals surface area contributed by atoms with Crippen molar-refractivity contribution in [1.82, 2.24) is 9.47 Å². The number of hydrogen-bond acceptors (Lipinski definition) is 3. The molecule has 0 aliphatic carbocycles. The van der Waals surface area contributed by atoms with Gasteiger partial charge in [0.15, 0.2) is 5.11 Å². The Balaban J connectivity index is 1.66. The quantitative estimate of drug-likeness (QED) is 0.405. The van der Waals surface area contributed by atoms with E-state index in [9.17, 15) is 14.5 Å². The van der Waals surface area contributed by atoms with Crippen molar-refractivity contribution in [3.8, 4) is 0 Å². The molecule has 1 unspecified atom stereocenters. The van der Waals surface area contributed by atoms with Gasteiger partial charge in [0, 0.05) is 42.8 Å². The molecule has 0 saturated heterocycles. The number of nitro groups is 1. The van der Waals surface area contributed by atoms with Crippen LogP contribution in [0.15, 0.2) is 66.9 Å². The fourth-order valence-electron chi connectivity index (χ4n) is 3.46. The van der Waals surface area contributed by atoms with Crippen LogP contribution in [0.25, 0.3) is 0 Å². The lowest BCUT2D eigenvalue weighted by Crippen LogP contribution is -2.44. The maximum Gasteiger partial charge on any atom is 0.269 e. The van der Waals surface area contributed by atoms with Gasteiger partial charge in [-0.05, 0) is 66.3 Å². The summed E-state index contributed by atoms with van der Waals surface area (Å²) in [4.78, 5) is 12.6. The van der Waals surface area contributed by atoms with Gasteiger partial charge in [-0.3, -0.25) is 10.1 Å². The van der Waals surface area contributed by atoms with E-state index >= 15 is 0 Å². The minimum atomic E-state index is -0.411. The number of nitro benzene ring substituents is 1. The molecule has 1 atom stereocenters. The first-order chi connectivity index (χ1) is 13.5. The van der Waals surface area contributed by atoms with Gasteiger partial charge in [0.2, 0.25) is 0 Å². The first-order valence-electron chi connectivity index (χ1n) is 8.75. The Morgan fingerprint density at radius 1 is 1.11 bits per heavy atom. The Bertz CT molecular complexity index is 1020. The summed E-state index contributed by atoms with van der Waals surface area (Å²) in [5, 5.41) is 14.7. The SMILES string of the molecule is O=[N+]([O-])c1ccc(C2c3cccn3CCN2C(=S)Nc2ccc(F)cc2)cc1. The molecular weight excluding hydrogens is 379 g/mol. The second kappa shape index (κ2) is 7.40. The number of fused-ring (bicyclic) bond motifs is 1. The van der Waals surface area contributed by atoms with Crippen molar-refractivity contribution in [3.05, 3.63) is 94.0 Å². The van der Waals surface area contributed by atoms with Crippen molar-refractivity contribution in [2.45, 2.75) is 12.6 Å². The van der Waals surface area contributed by atoms with E-state index in [1.807, 2.05) is 18.3 Å². The van der Waals surface area contributed by atoms with Crippen LogP contribution >= 0.6 is 12.2 Å². The molecule has 8 heteroatoms. The summed E-state index contributed by atoms with van der Waals surface area (Å²) in [7, 11) is 0. The molecular formula is C20H17FN4O2S. The van der Waals surface area contributed by atoms with Crippen molar-refractivity contribution < 1.29 is 9.31 Å². The maximum absolute atomic E-state index is 13.2. The average molecular weight is 396 g/mol. The Kier molecular flexibility index (Phi) is 4.79. The number of aromatic nitrogens is 1. The van der Waals surface area contributed by atoms with Crippen LogP contribution in [-0.2, 0) is 6.54 Å². The van der Waals surface area contributed by atoms with Crippen LogP contribution in [0.2, 0.25) is 0 Å². The second-order valence-corrected chi connectivity index (χ2v) is 6.89. The van der Waals surface area contributed by atoms with Crippen molar-refractivity contribution in [2.75, 3.05) is 11.9 Å². The number of halogens is 1. The zero-order valence-electron chi connectivity index (χ0n) is 14.8. The second-order valence-electron chi connectivity index (χ2n) is 6.51. The lowest BCUT2D eigenvalue weighted by atomic mass is 10.00. The van der Waals surface area contributed by atoms with Gasteiger partial charge in [-0.1, -0.05) is 0 Å². The highest BCUT2D eigenvalue weighted by molar-refractivity contribution is 7.80. The number of nitrogens with zero attached hydrogens (tertiary/aromatic N) is 3. The van der Waals surface area contributed by atoms with Crippen molar-refractivity contribution in [2.24, 2.45) is 0 Å². The fourth-order valence-corrected chi connectivity index (χ4v) is 3.77. The molecule has 0 radical (unpaired) electrons. The standard InChI is InChI=1S/C20H17FN4O2S/c21-15-5-7-16(8-6-15)22-20(28)24-13-12-23-11-1-2-18(23)19(24)14-3-9-17(10-4-14)25(26)27/h1-11,19H,12-13H2,(H,22,28). The Labute approximate surface area is 166 Å². The molecule has 2 heterocycles. The van der Waals surface area contributed by atoms with Gasteiger partial charge in [-0.15, -0.1) is 0 Å². The summed E-state index contributed by atoms with van der Waals surface area (Å²) in [6.45, 7) is 1.45. The van der Waals surface area contributed by atoms with Crippen LogP contribution < -0.4 is 5.32 Å². The van der Waals surface area contributed by atoms with Gasteiger partial charge in [0.1, 0.15) is 5.82 Å². The maximum atomic E-state index is 13.2. The molecule has 0 spiro atoms. The Morgan fingerprint density at radius 3 is 2.50 bits per heavy atom. The normalized spacial score (nSPS) is 15.8. The van der Waals surface area contributed by atoms with Gasteiger partial charge in [0.25, 0.3) is 5.69 Å². The molecule has 2 aromatic carbocycles. The minimum absolute atomic E-state index is 0.0495. The number of rotatable bonds is 3. The molecule has 0 amide bonds. The van der Waals surface area contributed by atoms with Gasteiger partial charge in [-0.25, -0.2) is 4.39 Å². The van der Waals surface area contributed by atoms with Crippen LogP contribution in [0, 0.1) is 15.9 Å². The van der Waals surface area contributed by atoms with E-state index in [0.717, 1.165) is 17.8 Å². The first kappa shape index (κ1) is 18.1. The number of hydrogen-bond donors (Lipinski definition) is 1. The monoisotopic (exact) mass is 396 g/mol. The van der Waals surface area contributed by atoms with Crippen molar-refractivity contribution >= 4 is 28.7 Å². The summed E-state index contributed by atoms with van der Waals surface area (Å²) >= 11 is 5.64. The van der Waals surface area contributed by atoms with Gasteiger partial charge in [-0.2, -0.15) is 0 Å². The van der Waals surface area contributed by atoms with E-state index in [0.29, 0.717) is 17.3 Å². The number of non-ortho nitro benzene ring substituents is 1. The number of benzene rings is 2. The molecule has 0 fully saturated rings. The van der Waals surface area contributed by atoms with Crippen LogP contribution in [0.4, 0.5) is 15.8 Å². The van der Waals surface area contributed by atoms with Crippen LogP contribution in [0.1, 0.15) is 17.3 Å². The fraction of sp³-hybridized carbons (Fsp3) is 0.150. The number of thiocarbonyl (C=S) groups is 1. The third-order valence-electron chi connectivity index (χ3n) is 4.81. The van der Waals surface area contributed by atoms with Crippen LogP contribution in [-0.4, -0.2) is 26.0 Å². The molecule has 3 aromatic rings. The molecule has 142 valence electrons. The topological polar surface area (TPSA) is 63.3 Å². The Morgan fingerprint density at radius 2 is 1.82 bits per heavy atom. The molecule has 28 heavy (non-hydrogen) atoms. The smallest absolute Gasteiger partial charge is 0.269 e. The molecule has 1 aromatic heterocycles. The third kappa shape index (κ3) is 3.46. The minimum Gasteiger partial charge on any atom is -0.348 e. The predicted molar refractivity (Wildman–Crippen MR) is 109 cm³/mol. The van der Waals surface area contributed by atoms with E-state index in [1.54, 1.807) is 24.3 Å². The van der Waals surface area contributed by atoms with E-state index in [1.165, 1.54) is 24.3 Å². The van der Waals surface area contributed by atoms with Crippen LogP contribution in [0.3, 0.4) is 0 Å². The largest absolute Gasteiger partial charge is 0.348 e.